The van der Waals surface area contributed by atoms with Crippen molar-refractivity contribution in [2.75, 3.05) is 0 Å². The second kappa shape index (κ2) is 4.88. The summed E-state index contributed by atoms with van der Waals surface area (Å²) in [5.74, 6) is 0. The highest BCUT2D eigenvalue weighted by Gasteiger charge is 2.06. The van der Waals surface area contributed by atoms with Crippen molar-refractivity contribution in [3.63, 3.8) is 0 Å². The molecule has 0 saturated heterocycles. The smallest absolute Gasteiger partial charge is 0.0628 e. The Labute approximate surface area is 107 Å². The van der Waals surface area contributed by atoms with E-state index in [1.807, 2.05) is 0 Å². The molecule has 0 atom stereocenters. The largest absolute Gasteiger partial charge is 0.122 e. The van der Waals surface area contributed by atoms with Crippen molar-refractivity contribution < 1.29 is 0 Å². The van der Waals surface area contributed by atoms with Gasteiger partial charge in [0.2, 0.25) is 0 Å². The number of aryl methyl sites for hydroxylation is 3. The molecule has 0 aromatic heterocycles. The minimum absolute atomic E-state index is 0.767. The van der Waals surface area contributed by atoms with Crippen LogP contribution in [0.3, 0.4) is 0 Å². The molecule has 0 nitrogen and oxygen atoms in total. The molecule has 1 heteroatoms. The number of rotatable bonds is 2. The first-order chi connectivity index (χ1) is 8.08. The molecule has 2 aromatic rings. The van der Waals surface area contributed by atoms with Crippen LogP contribution in [0.5, 0.6) is 0 Å². The zero-order valence-electron chi connectivity index (χ0n) is 11.0. The monoisotopic (exact) mass is 238 g/mol. The van der Waals surface area contributed by atoms with E-state index in [0.29, 0.717) is 0 Å². The van der Waals surface area contributed by atoms with Gasteiger partial charge in [-0.3, -0.25) is 0 Å². The first-order valence-corrected chi connectivity index (χ1v) is 6.98. The van der Waals surface area contributed by atoms with E-state index in [9.17, 15) is 0 Å². The van der Waals surface area contributed by atoms with Crippen LogP contribution in [-0.4, -0.2) is 9.52 Å². The minimum atomic E-state index is 0.767. The molecule has 0 spiro atoms. The molecule has 0 amide bonds. The summed E-state index contributed by atoms with van der Waals surface area (Å²) >= 11 is 0. The van der Waals surface area contributed by atoms with E-state index in [2.05, 4.69) is 64.1 Å². The fourth-order valence-corrected chi connectivity index (χ4v) is 3.34. The molecule has 0 fully saturated rings. The van der Waals surface area contributed by atoms with E-state index >= 15 is 0 Å². The lowest BCUT2D eigenvalue weighted by Crippen LogP contribution is -2.31. The molecule has 0 unspecified atom stereocenters. The highest BCUT2D eigenvalue weighted by atomic mass is 28.2. The third kappa shape index (κ3) is 2.67. The average Bonchev–Trinajstić information content (AvgIpc) is 2.30. The second-order valence-corrected chi connectivity index (χ2v) is 6.02. The molecule has 2 radical (unpaired) electrons. The third-order valence-corrected chi connectivity index (χ3v) is 4.89. The molecule has 0 heterocycles. The first-order valence-electron chi connectivity index (χ1n) is 5.98. The van der Waals surface area contributed by atoms with Crippen molar-refractivity contribution >= 4 is 19.9 Å². The zero-order valence-corrected chi connectivity index (χ0v) is 12.0. The standard InChI is InChI=1S/C16H18Si/c1-11-8-9-13(3)16(10-11)17-15-7-5-6-12(2)14(15)4/h5-10H,1-4H3. The Morgan fingerprint density at radius 2 is 1.53 bits per heavy atom. The highest BCUT2D eigenvalue weighted by molar-refractivity contribution is 6.68. The Kier molecular flexibility index (Phi) is 3.48. The van der Waals surface area contributed by atoms with Crippen LogP contribution in [0.2, 0.25) is 0 Å². The Balaban J connectivity index is 2.38. The molecule has 0 N–H and O–H groups in total. The van der Waals surface area contributed by atoms with Crippen LogP contribution < -0.4 is 10.4 Å². The van der Waals surface area contributed by atoms with Crippen LogP contribution in [0, 0.1) is 27.7 Å². The molecule has 0 aliphatic rings. The summed E-state index contributed by atoms with van der Waals surface area (Å²) in [6, 6.07) is 13.3. The van der Waals surface area contributed by atoms with Crippen molar-refractivity contribution in [2.24, 2.45) is 0 Å². The summed E-state index contributed by atoms with van der Waals surface area (Å²) in [5.41, 5.74) is 5.57. The number of hydrogen-bond acceptors (Lipinski definition) is 0. The lowest BCUT2D eigenvalue weighted by Gasteiger charge is -2.10. The van der Waals surface area contributed by atoms with E-state index in [1.54, 1.807) is 0 Å². The van der Waals surface area contributed by atoms with E-state index in [-0.39, 0.29) is 0 Å². The molecule has 0 aliphatic carbocycles. The maximum Gasteiger partial charge on any atom is 0.122 e. The quantitative estimate of drug-likeness (QED) is 0.706. The predicted octanol–water partition coefficient (Wildman–Crippen LogP) is 2.58. The molecule has 0 aliphatic heterocycles. The average molecular weight is 238 g/mol. The fourth-order valence-electron chi connectivity index (χ4n) is 1.90. The van der Waals surface area contributed by atoms with Crippen LogP contribution in [-0.2, 0) is 0 Å². The van der Waals surface area contributed by atoms with Gasteiger partial charge in [0.25, 0.3) is 0 Å². The molecule has 2 rings (SSSR count). The van der Waals surface area contributed by atoms with Gasteiger partial charge in [-0.25, -0.2) is 0 Å². The molecular formula is C16H18Si. The van der Waals surface area contributed by atoms with Crippen molar-refractivity contribution in [3.05, 3.63) is 58.7 Å². The summed E-state index contributed by atoms with van der Waals surface area (Å²) in [7, 11) is 0.767. The van der Waals surface area contributed by atoms with Crippen molar-refractivity contribution in [1.29, 1.82) is 0 Å². The summed E-state index contributed by atoms with van der Waals surface area (Å²) in [4.78, 5) is 0. The van der Waals surface area contributed by atoms with Crippen LogP contribution in [0.4, 0.5) is 0 Å². The predicted molar refractivity (Wildman–Crippen MR) is 76.9 cm³/mol. The molecule has 17 heavy (non-hydrogen) atoms. The van der Waals surface area contributed by atoms with Crippen molar-refractivity contribution in [1.82, 2.24) is 0 Å². The lowest BCUT2D eigenvalue weighted by molar-refractivity contribution is 1.37. The fraction of sp³-hybridized carbons (Fsp3) is 0.250. The lowest BCUT2D eigenvalue weighted by atomic mass is 10.1. The molecule has 0 bridgehead atoms. The van der Waals surface area contributed by atoms with Crippen molar-refractivity contribution in [3.8, 4) is 0 Å². The first kappa shape index (κ1) is 12.1. The van der Waals surface area contributed by atoms with Gasteiger partial charge < -0.3 is 0 Å². The van der Waals surface area contributed by atoms with Crippen LogP contribution in [0.1, 0.15) is 22.3 Å². The van der Waals surface area contributed by atoms with E-state index in [4.69, 9.17) is 0 Å². The Bertz CT molecular complexity index is 541. The zero-order chi connectivity index (χ0) is 12.4. The van der Waals surface area contributed by atoms with Gasteiger partial charge >= 0.3 is 0 Å². The van der Waals surface area contributed by atoms with Gasteiger partial charge in [-0.2, -0.15) is 0 Å². The van der Waals surface area contributed by atoms with E-state index < -0.39 is 0 Å². The van der Waals surface area contributed by atoms with E-state index in [0.717, 1.165) is 9.52 Å². The van der Waals surface area contributed by atoms with Crippen LogP contribution in [0.25, 0.3) is 0 Å². The van der Waals surface area contributed by atoms with Gasteiger partial charge in [0, 0.05) is 0 Å². The van der Waals surface area contributed by atoms with Gasteiger partial charge in [-0.05, 0) is 38.8 Å². The normalized spacial score (nSPS) is 10.6. The van der Waals surface area contributed by atoms with Gasteiger partial charge in [-0.1, -0.05) is 57.9 Å². The van der Waals surface area contributed by atoms with Gasteiger partial charge in [0.1, 0.15) is 9.52 Å². The summed E-state index contributed by atoms with van der Waals surface area (Å²) in [5, 5.41) is 2.94. The van der Waals surface area contributed by atoms with Gasteiger partial charge in [0.15, 0.2) is 0 Å². The van der Waals surface area contributed by atoms with Gasteiger partial charge in [0.05, 0.1) is 0 Å². The third-order valence-electron chi connectivity index (χ3n) is 3.27. The SMILES string of the molecule is Cc1ccc(C)c([Si]c2cccc(C)c2C)c1. The highest BCUT2D eigenvalue weighted by Crippen LogP contribution is 2.03. The minimum Gasteiger partial charge on any atom is -0.0628 e. The Morgan fingerprint density at radius 1 is 0.765 bits per heavy atom. The van der Waals surface area contributed by atoms with Crippen LogP contribution >= 0.6 is 0 Å². The van der Waals surface area contributed by atoms with Gasteiger partial charge in [-0.15, -0.1) is 0 Å². The molecule has 2 aromatic carbocycles. The summed E-state index contributed by atoms with van der Waals surface area (Å²) in [6.45, 7) is 8.78. The maximum absolute atomic E-state index is 2.32. The molecular weight excluding hydrogens is 220 g/mol. The molecule has 0 saturated carbocycles. The molecule has 86 valence electrons. The summed E-state index contributed by atoms with van der Waals surface area (Å²) in [6.07, 6.45) is 0. The maximum atomic E-state index is 2.32. The summed E-state index contributed by atoms with van der Waals surface area (Å²) < 4.78 is 0. The topological polar surface area (TPSA) is 0 Å². The number of hydrogen-bond donors (Lipinski definition) is 0. The van der Waals surface area contributed by atoms with E-state index in [1.165, 1.54) is 32.6 Å². The van der Waals surface area contributed by atoms with Crippen molar-refractivity contribution in [2.45, 2.75) is 27.7 Å². The number of benzene rings is 2. The Hall–Kier alpha value is -1.34. The Morgan fingerprint density at radius 3 is 2.29 bits per heavy atom. The van der Waals surface area contributed by atoms with Crippen LogP contribution in [0.15, 0.2) is 36.4 Å². The second-order valence-electron chi connectivity index (χ2n) is 4.69.